The molecule has 0 fully saturated rings. The van der Waals surface area contributed by atoms with Crippen LogP contribution in [-0.2, 0) is 0 Å². The van der Waals surface area contributed by atoms with Crippen molar-refractivity contribution in [1.29, 1.82) is 0 Å². The smallest absolute Gasteiger partial charge is 0.123 e. The maximum Gasteiger partial charge on any atom is 0.123 e. The van der Waals surface area contributed by atoms with Gasteiger partial charge in [-0.05, 0) is 31.2 Å². The van der Waals surface area contributed by atoms with Crippen LogP contribution in [0.3, 0.4) is 0 Å². The summed E-state index contributed by atoms with van der Waals surface area (Å²) >= 11 is 0. The zero-order valence-corrected chi connectivity index (χ0v) is 7.47. The normalized spacial score (nSPS) is 12.9. The average molecular weight is 167 g/mol. The van der Waals surface area contributed by atoms with E-state index in [9.17, 15) is 4.39 Å². The highest BCUT2D eigenvalue weighted by Crippen LogP contribution is 2.15. The summed E-state index contributed by atoms with van der Waals surface area (Å²) in [5.41, 5.74) is 1.14. The molecule has 2 heteroatoms. The maximum absolute atomic E-state index is 12.5. The van der Waals surface area contributed by atoms with Gasteiger partial charge < -0.3 is 5.32 Å². The number of halogens is 1. The second-order valence-electron chi connectivity index (χ2n) is 2.80. The second-order valence-corrected chi connectivity index (χ2v) is 2.80. The van der Waals surface area contributed by atoms with Crippen LogP contribution >= 0.6 is 0 Å². The first-order valence-corrected chi connectivity index (χ1v) is 4.20. The minimum Gasteiger partial charge on any atom is -0.313 e. The molecule has 1 aromatic rings. The van der Waals surface area contributed by atoms with E-state index in [-0.39, 0.29) is 5.82 Å². The Morgan fingerprint density at radius 2 is 1.92 bits per heavy atom. The van der Waals surface area contributed by atoms with Crippen LogP contribution in [-0.4, -0.2) is 7.05 Å². The molecule has 0 heterocycles. The van der Waals surface area contributed by atoms with Crippen LogP contribution in [0.5, 0.6) is 0 Å². The molecular formula is C10H14FN. The third-order valence-electron chi connectivity index (χ3n) is 2.03. The minimum atomic E-state index is -0.176. The fourth-order valence-electron chi connectivity index (χ4n) is 1.30. The van der Waals surface area contributed by atoms with E-state index < -0.39 is 0 Å². The van der Waals surface area contributed by atoms with Crippen molar-refractivity contribution >= 4 is 0 Å². The third kappa shape index (κ3) is 2.05. The van der Waals surface area contributed by atoms with Gasteiger partial charge in [-0.1, -0.05) is 19.1 Å². The summed E-state index contributed by atoms with van der Waals surface area (Å²) in [5.74, 6) is -0.176. The van der Waals surface area contributed by atoms with Crippen molar-refractivity contribution in [2.75, 3.05) is 7.05 Å². The van der Waals surface area contributed by atoms with E-state index in [0.717, 1.165) is 12.0 Å². The van der Waals surface area contributed by atoms with Crippen molar-refractivity contribution in [3.05, 3.63) is 35.6 Å². The molecule has 0 unspecified atom stereocenters. The molecule has 1 N–H and O–H groups in total. The van der Waals surface area contributed by atoms with E-state index in [0.29, 0.717) is 6.04 Å². The van der Waals surface area contributed by atoms with E-state index in [1.807, 2.05) is 19.2 Å². The Morgan fingerprint density at radius 3 is 2.33 bits per heavy atom. The molecule has 12 heavy (non-hydrogen) atoms. The summed E-state index contributed by atoms with van der Waals surface area (Å²) in [5, 5.41) is 3.17. The molecule has 0 aromatic heterocycles. The SMILES string of the molecule is CC[C@H](NC)c1ccc(F)cc1. The van der Waals surface area contributed by atoms with E-state index >= 15 is 0 Å². The lowest BCUT2D eigenvalue weighted by Crippen LogP contribution is -2.14. The first-order valence-electron chi connectivity index (χ1n) is 4.20. The predicted octanol–water partition coefficient (Wildman–Crippen LogP) is 2.50. The molecule has 0 aliphatic rings. The summed E-state index contributed by atoms with van der Waals surface area (Å²) < 4.78 is 12.5. The minimum absolute atomic E-state index is 0.176. The van der Waals surface area contributed by atoms with Crippen LogP contribution in [0.1, 0.15) is 24.9 Å². The van der Waals surface area contributed by atoms with Crippen LogP contribution in [0.15, 0.2) is 24.3 Å². The molecule has 1 nitrogen and oxygen atoms in total. The highest BCUT2D eigenvalue weighted by molar-refractivity contribution is 5.19. The van der Waals surface area contributed by atoms with Crippen LogP contribution in [0.2, 0.25) is 0 Å². The van der Waals surface area contributed by atoms with Crippen molar-refractivity contribution in [2.24, 2.45) is 0 Å². The van der Waals surface area contributed by atoms with Gasteiger partial charge in [-0.15, -0.1) is 0 Å². The van der Waals surface area contributed by atoms with Gasteiger partial charge >= 0.3 is 0 Å². The summed E-state index contributed by atoms with van der Waals surface area (Å²) in [4.78, 5) is 0. The maximum atomic E-state index is 12.5. The summed E-state index contributed by atoms with van der Waals surface area (Å²) in [7, 11) is 1.91. The zero-order valence-electron chi connectivity index (χ0n) is 7.47. The molecule has 66 valence electrons. The van der Waals surface area contributed by atoms with Crippen LogP contribution in [0.4, 0.5) is 4.39 Å². The van der Waals surface area contributed by atoms with E-state index in [2.05, 4.69) is 12.2 Å². The van der Waals surface area contributed by atoms with E-state index in [1.165, 1.54) is 12.1 Å². The molecule has 0 aliphatic heterocycles. The summed E-state index contributed by atoms with van der Waals surface area (Å²) in [6.07, 6.45) is 1.02. The Kier molecular flexibility index (Phi) is 3.23. The predicted molar refractivity (Wildman–Crippen MR) is 48.5 cm³/mol. The largest absolute Gasteiger partial charge is 0.313 e. The van der Waals surface area contributed by atoms with Crippen LogP contribution < -0.4 is 5.32 Å². The monoisotopic (exact) mass is 167 g/mol. The van der Waals surface area contributed by atoms with E-state index in [1.54, 1.807) is 0 Å². The van der Waals surface area contributed by atoms with E-state index in [4.69, 9.17) is 0 Å². The molecule has 1 rings (SSSR count). The van der Waals surface area contributed by atoms with Gasteiger partial charge in [0.05, 0.1) is 0 Å². The first-order chi connectivity index (χ1) is 5.77. The van der Waals surface area contributed by atoms with Gasteiger partial charge in [0.2, 0.25) is 0 Å². The van der Waals surface area contributed by atoms with Gasteiger partial charge in [-0.25, -0.2) is 4.39 Å². The van der Waals surface area contributed by atoms with Crippen molar-refractivity contribution in [3.63, 3.8) is 0 Å². The molecule has 0 aliphatic carbocycles. The lowest BCUT2D eigenvalue weighted by molar-refractivity contribution is 0.572. The molecule has 0 bridgehead atoms. The summed E-state index contributed by atoms with van der Waals surface area (Å²) in [6, 6.07) is 6.97. The van der Waals surface area contributed by atoms with Gasteiger partial charge in [-0.3, -0.25) is 0 Å². The molecule has 1 atom stereocenters. The van der Waals surface area contributed by atoms with Crippen molar-refractivity contribution < 1.29 is 4.39 Å². The topological polar surface area (TPSA) is 12.0 Å². The molecule has 0 spiro atoms. The highest BCUT2D eigenvalue weighted by Gasteiger charge is 2.04. The third-order valence-corrected chi connectivity index (χ3v) is 2.03. The zero-order chi connectivity index (χ0) is 8.97. The van der Waals surface area contributed by atoms with Gasteiger partial charge in [0.1, 0.15) is 5.82 Å². The quantitative estimate of drug-likeness (QED) is 0.729. The lowest BCUT2D eigenvalue weighted by Gasteiger charge is -2.13. The molecule has 0 saturated heterocycles. The van der Waals surface area contributed by atoms with Gasteiger partial charge in [0, 0.05) is 6.04 Å². The average Bonchev–Trinajstić information content (AvgIpc) is 2.10. The molecule has 0 saturated carbocycles. The van der Waals surface area contributed by atoms with Gasteiger partial charge in [0.25, 0.3) is 0 Å². The number of benzene rings is 1. The standard InChI is InChI=1S/C10H14FN/c1-3-10(12-2)8-4-6-9(11)7-5-8/h4-7,10,12H,3H2,1-2H3/t10-/m0/s1. The van der Waals surface area contributed by atoms with Crippen molar-refractivity contribution in [2.45, 2.75) is 19.4 Å². The fourth-order valence-corrected chi connectivity index (χ4v) is 1.30. The Bertz CT molecular complexity index is 226. The van der Waals surface area contributed by atoms with Crippen LogP contribution in [0, 0.1) is 5.82 Å². The van der Waals surface area contributed by atoms with Gasteiger partial charge in [-0.2, -0.15) is 0 Å². The van der Waals surface area contributed by atoms with Crippen molar-refractivity contribution in [1.82, 2.24) is 5.32 Å². The Hall–Kier alpha value is -0.890. The Labute approximate surface area is 72.6 Å². The molecular weight excluding hydrogens is 153 g/mol. The van der Waals surface area contributed by atoms with Gasteiger partial charge in [0.15, 0.2) is 0 Å². The fraction of sp³-hybridized carbons (Fsp3) is 0.400. The number of rotatable bonds is 3. The number of nitrogens with one attached hydrogen (secondary N) is 1. The lowest BCUT2D eigenvalue weighted by atomic mass is 10.1. The molecule has 1 aromatic carbocycles. The number of hydrogen-bond acceptors (Lipinski definition) is 1. The first kappa shape index (κ1) is 9.20. The van der Waals surface area contributed by atoms with Crippen LogP contribution in [0.25, 0.3) is 0 Å². The highest BCUT2D eigenvalue weighted by atomic mass is 19.1. The molecule has 0 amide bonds. The second kappa shape index (κ2) is 4.21. The summed E-state index contributed by atoms with van der Waals surface area (Å²) in [6.45, 7) is 2.10. The number of hydrogen-bond donors (Lipinski definition) is 1. The Morgan fingerprint density at radius 1 is 1.33 bits per heavy atom. The Balaban J connectivity index is 2.80. The van der Waals surface area contributed by atoms with Crippen molar-refractivity contribution in [3.8, 4) is 0 Å². The molecule has 0 radical (unpaired) electrons.